The van der Waals surface area contributed by atoms with Crippen molar-refractivity contribution in [2.75, 3.05) is 11.9 Å². The number of ether oxygens (including phenoxy) is 4. The highest BCUT2D eigenvalue weighted by molar-refractivity contribution is 7.90. The Morgan fingerprint density at radius 2 is 1.67 bits per heavy atom. The van der Waals surface area contributed by atoms with Gasteiger partial charge in [0, 0.05) is 24.4 Å². The van der Waals surface area contributed by atoms with Crippen LogP contribution in [0.15, 0.2) is 58.4 Å². The number of alkyl carbamates (subject to hydrolysis) is 1. The molecule has 5 N–H and O–H groups in total. The third-order valence-electron chi connectivity index (χ3n) is 8.94. The zero-order chi connectivity index (χ0) is 42.3. The molecule has 2 amide bonds. The van der Waals surface area contributed by atoms with E-state index in [0.29, 0.717) is 34.5 Å². The highest BCUT2D eigenvalue weighted by atomic mass is 32.2. The van der Waals surface area contributed by atoms with E-state index in [0.717, 1.165) is 17.5 Å². The van der Waals surface area contributed by atoms with Crippen LogP contribution in [-0.2, 0) is 37.3 Å². The summed E-state index contributed by atoms with van der Waals surface area (Å²) >= 11 is 0. The smallest absolute Gasteiger partial charge is 0.487 e. The monoisotopic (exact) mass is 810 g/mol. The van der Waals surface area contributed by atoms with Crippen molar-refractivity contribution in [2.24, 2.45) is 10.7 Å². The van der Waals surface area contributed by atoms with Crippen LogP contribution < -0.4 is 30.6 Å². The number of aliphatic imine (C=N–C) groups is 1. The average molecular weight is 811 g/mol. The number of nitrogens with two attached hydrogens (primary N) is 1. The number of hydrogen-bond donors (Lipinski definition) is 4. The van der Waals surface area contributed by atoms with Gasteiger partial charge >= 0.3 is 12.2 Å². The van der Waals surface area contributed by atoms with E-state index in [1.165, 1.54) is 24.3 Å². The summed E-state index contributed by atoms with van der Waals surface area (Å²) in [6.07, 6.45) is -0.108. The molecule has 1 aliphatic rings. The molecule has 1 aliphatic heterocycles. The Bertz CT molecular complexity index is 2130. The maximum absolute atomic E-state index is 13.6. The molecule has 0 aliphatic carbocycles. The number of amides is 2. The summed E-state index contributed by atoms with van der Waals surface area (Å²) in [6.45, 7) is 14.2. The van der Waals surface area contributed by atoms with Crippen LogP contribution in [0.5, 0.6) is 11.5 Å². The van der Waals surface area contributed by atoms with Crippen molar-refractivity contribution in [3.8, 4) is 11.5 Å². The number of anilines is 1. The second kappa shape index (κ2) is 17.9. The van der Waals surface area contributed by atoms with E-state index in [1.807, 2.05) is 20.8 Å². The second-order valence-electron chi connectivity index (χ2n) is 15.2. The van der Waals surface area contributed by atoms with E-state index in [9.17, 15) is 32.9 Å². The van der Waals surface area contributed by atoms with E-state index >= 15 is 0 Å². The molecular formula is C39H50N6O11S. The van der Waals surface area contributed by atoms with Gasteiger partial charge in [0.1, 0.15) is 35.3 Å². The first-order chi connectivity index (χ1) is 26.5. The number of nitro benzene ring substituents is 1. The normalized spacial score (nSPS) is 14.3. The topological polar surface area (TPSA) is 240 Å². The number of sulfonamides is 1. The van der Waals surface area contributed by atoms with Gasteiger partial charge in [-0.1, -0.05) is 12.1 Å². The number of carbonyl (C=O) groups excluding carboxylic acids is 3. The molecule has 0 fully saturated rings. The minimum atomic E-state index is -4.12. The largest absolute Gasteiger partial charge is 0.514 e. The number of rotatable bonds is 13. The van der Waals surface area contributed by atoms with Crippen LogP contribution in [-0.4, -0.2) is 61.2 Å². The van der Waals surface area contributed by atoms with Gasteiger partial charge in [-0.05, 0) is 133 Å². The van der Waals surface area contributed by atoms with Crippen LogP contribution >= 0.6 is 0 Å². The van der Waals surface area contributed by atoms with Crippen LogP contribution in [0.2, 0.25) is 0 Å². The number of hydrogen-bond acceptors (Lipinski definition) is 12. The Kier molecular flexibility index (Phi) is 13.8. The summed E-state index contributed by atoms with van der Waals surface area (Å²) in [4.78, 5) is 52.7. The van der Waals surface area contributed by atoms with Crippen molar-refractivity contribution in [2.45, 2.75) is 110 Å². The van der Waals surface area contributed by atoms with Crippen LogP contribution in [0.3, 0.4) is 0 Å². The molecule has 1 atom stereocenters. The standard InChI is InChI=1S/C39H50N6O11S/c1-23-24(2)33(25(3)30-19-20-39(7,8)55-32(23)30)57(51,52)44-35(40)41-21-9-10-31(43-36(47)56-38(4,5)6)34(46)42-27-13-11-26(12-14-27)22-53-37(48)54-29-17-15-28(16-18-29)45(49)50/h11-18,31H,9-10,19-22H2,1-8H3,(H,42,46)(H,43,47)(H3,40,41,44)/t31-/m0/s1. The summed E-state index contributed by atoms with van der Waals surface area (Å²) in [5, 5.41) is 16.1. The van der Waals surface area contributed by atoms with Crippen LogP contribution in [0.1, 0.15) is 81.7 Å². The summed E-state index contributed by atoms with van der Waals surface area (Å²) < 4.78 is 51.3. The van der Waals surface area contributed by atoms with Crippen molar-refractivity contribution in [1.82, 2.24) is 10.0 Å². The molecule has 0 spiro atoms. The number of fused-ring (bicyclic) bond motifs is 1. The van der Waals surface area contributed by atoms with Gasteiger partial charge in [-0.15, -0.1) is 0 Å². The maximum atomic E-state index is 13.6. The number of nitrogens with one attached hydrogen (secondary N) is 3. The molecule has 1 heterocycles. The third kappa shape index (κ3) is 12.3. The van der Waals surface area contributed by atoms with E-state index in [4.69, 9.17) is 24.7 Å². The number of nitro groups is 1. The minimum absolute atomic E-state index is 0.0273. The molecule has 17 nitrogen and oxygen atoms in total. The van der Waals surface area contributed by atoms with Crippen molar-refractivity contribution in [3.05, 3.63) is 86.5 Å². The van der Waals surface area contributed by atoms with Gasteiger partial charge in [0.15, 0.2) is 0 Å². The lowest BCUT2D eigenvalue weighted by Gasteiger charge is -2.35. The number of non-ortho nitro benzene ring substituents is 1. The van der Waals surface area contributed by atoms with Gasteiger partial charge < -0.3 is 35.3 Å². The zero-order valence-electron chi connectivity index (χ0n) is 33.3. The fourth-order valence-corrected chi connectivity index (χ4v) is 7.53. The van der Waals surface area contributed by atoms with Crippen LogP contribution in [0.25, 0.3) is 0 Å². The van der Waals surface area contributed by atoms with E-state index < -0.39 is 44.7 Å². The van der Waals surface area contributed by atoms with Gasteiger partial charge in [-0.3, -0.25) is 19.9 Å². The van der Waals surface area contributed by atoms with E-state index in [1.54, 1.807) is 58.9 Å². The Morgan fingerprint density at radius 1 is 1.02 bits per heavy atom. The van der Waals surface area contributed by atoms with Gasteiger partial charge in [0.05, 0.1) is 9.82 Å². The molecular weight excluding hydrogens is 761 g/mol. The summed E-state index contributed by atoms with van der Waals surface area (Å²) in [5.41, 5.74) is 8.37. The Balaban J connectivity index is 1.35. The molecule has 0 aromatic heterocycles. The lowest BCUT2D eigenvalue weighted by atomic mass is 9.88. The minimum Gasteiger partial charge on any atom is -0.487 e. The number of nitrogens with zero attached hydrogens (tertiary/aromatic N) is 2. The van der Waals surface area contributed by atoms with Crippen molar-refractivity contribution in [1.29, 1.82) is 0 Å². The molecule has 0 unspecified atom stereocenters. The van der Waals surface area contributed by atoms with Gasteiger partial charge in [0.25, 0.3) is 15.7 Å². The number of benzene rings is 3. The SMILES string of the molecule is Cc1c(C)c(S(=O)(=O)NC(N)=NCCC[C@H](NC(=O)OC(C)(C)C)C(=O)Nc2ccc(COC(=O)Oc3ccc([N+](=O)[O-])cc3)cc2)c(C)c2c1OC(C)(C)CC2. The number of guanidine groups is 1. The second-order valence-corrected chi connectivity index (χ2v) is 16.8. The molecule has 3 aromatic rings. The first-order valence-corrected chi connectivity index (χ1v) is 19.7. The molecule has 0 bridgehead atoms. The fourth-order valence-electron chi connectivity index (χ4n) is 6.00. The first-order valence-electron chi connectivity index (χ1n) is 18.2. The molecule has 57 heavy (non-hydrogen) atoms. The quantitative estimate of drug-likeness (QED) is 0.0285. The fraction of sp³-hybridized carbons (Fsp3) is 0.436. The summed E-state index contributed by atoms with van der Waals surface area (Å²) in [7, 11) is -4.12. The average Bonchev–Trinajstić information content (AvgIpc) is 3.10. The Labute approximate surface area is 331 Å². The van der Waals surface area contributed by atoms with Gasteiger partial charge in [-0.25, -0.2) is 22.7 Å². The molecule has 0 saturated carbocycles. The summed E-state index contributed by atoms with van der Waals surface area (Å²) in [5.74, 6) is -0.105. The van der Waals surface area contributed by atoms with E-state index in [2.05, 4.69) is 20.3 Å². The third-order valence-corrected chi connectivity index (χ3v) is 10.6. The molecule has 3 aromatic carbocycles. The predicted molar refractivity (Wildman–Crippen MR) is 212 cm³/mol. The molecule has 18 heteroatoms. The summed E-state index contributed by atoms with van der Waals surface area (Å²) in [6, 6.07) is 10.2. The van der Waals surface area contributed by atoms with Crippen LogP contribution in [0, 0.1) is 30.9 Å². The highest BCUT2D eigenvalue weighted by Gasteiger charge is 2.34. The lowest BCUT2D eigenvalue weighted by Crippen LogP contribution is -2.46. The Hall–Kier alpha value is -5.91. The molecule has 0 radical (unpaired) electrons. The Morgan fingerprint density at radius 3 is 2.28 bits per heavy atom. The lowest BCUT2D eigenvalue weighted by molar-refractivity contribution is -0.384. The highest BCUT2D eigenvalue weighted by Crippen LogP contribution is 2.42. The van der Waals surface area contributed by atoms with Gasteiger partial charge in [-0.2, -0.15) is 0 Å². The molecule has 308 valence electrons. The van der Waals surface area contributed by atoms with E-state index in [-0.39, 0.29) is 53.9 Å². The first kappa shape index (κ1) is 43.8. The van der Waals surface area contributed by atoms with Crippen molar-refractivity contribution >= 4 is 45.5 Å². The van der Waals surface area contributed by atoms with Crippen molar-refractivity contribution < 1.29 is 46.7 Å². The zero-order valence-corrected chi connectivity index (χ0v) is 34.1. The number of carbonyl (C=O) groups is 3. The molecule has 4 rings (SSSR count). The van der Waals surface area contributed by atoms with Gasteiger partial charge in [0.2, 0.25) is 11.9 Å². The predicted octanol–water partition coefficient (Wildman–Crippen LogP) is 6.24. The molecule has 0 saturated heterocycles. The van der Waals surface area contributed by atoms with Crippen LogP contribution in [0.4, 0.5) is 21.0 Å². The van der Waals surface area contributed by atoms with Crippen molar-refractivity contribution in [3.63, 3.8) is 0 Å². The maximum Gasteiger partial charge on any atom is 0.514 e.